The summed E-state index contributed by atoms with van der Waals surface area (Å²) in [4.78, 5) is 0.497. The van der Waals surface area contributed by atoms with E-state index in [4.69, 9.17) is 0 Å². The van der Waals surface area contributed by atoms with Gasteiger partial charge in [-0.3, -0.25) is 0 Å². The van der Waals surface area contributed by atoms with Gasteiger partial charge >= 0.3 is 0 Å². The highest BCUT2D eigenvalue weighted by Crippen LogP contribution is 2.34. The molecule has 1 aromatic carbocycles. The molecular weight excluding hydrogens is 279 g/mol. The van der Waals surface area contributed by atoms with Crippen LogP contribution in [0.2, 0.25) is 0 Å². The molecule has 1 aromatic rings. The molecule has 0 amide bonds. The van der Waals surface area contributed by atoms with Crippen molar-refractivity contribution in [2.75, 3.05) is 0 Å². The summed E-state index contributed by atoms with van der Waals surface area (Å²) >= 11 is 3.80. The minimum absolute atomic E-state index is 0.125. The van der Waals surface area contributed by atoms with Crippen LogP contribution in [0.3, 0.4) is 0 Å². The lowest BCUT2D eigenvalue weighted by Gasteiger charge is -2.29. The maximum absolute atomic E-state index is 13.1. The summed E-state index contributed by atoms with van der Waals surface area (Å²) in [5, 5.41) is 0. The largest absolute Gasteiger partial charge is 0.207 e. The molecule has 1 atom stereocenters. The van der Waals surface area contributed by atoms with Crippen LogP contribution in [0.15, 0.2) is 24.3 Å². The molecule has 1 fully saturated rings. The van der Waals surface area contributed by atoms with Gasteiger partial charge in [-0.05, 0) is 48.8 Å². The highest BCUT2D eigenvalue weighted by molar-refractivity contribution is 9.09. The second-order valence-corrected chi connectivity index (χ2v) is 6.55. The fraction of sp³-hybridized carbons (Fsp3) is 0.600. The minimum atomic E-state index is -0.125. The number of hydrogen-bond donors (Lipinski definition) is 0. The van der Waals surface area contributed by atoms with Crippen molar-refractivity contribution < 1.29 is 4.39 Å². The summed E-state index contributed by atoms with van der Waals surface area (Å²) in [7, 11) is 0. The van der Waals surface area contributed by atoms with Crippen LogP contribution in [0.5, 0.6) is 0 Å². The van der Waals surface area contributed by atoms with Gasteiger partial charge in [0.15, 0.2) is 0 Å². The second-order valence-electron chi connectivity index (χ2n) is 5.37. The van der Waals surface area contributed by atoms with Crippen LogP contribution in [-0.4, -0.2) is 4.83 Å². The summed E-state index contributed by atoms with van der Waals surface area (Å²) in [6.45, 7) is 2.34. The van der Waals surface area contributed by atoms with Crippen molar-refractivity contribution in [2.45, 2.75) is 43.9 Å². The third-order valence-corrected chi connectivity index (χ3v) is 4.96. The van der Waals surface area contributed by atoms with Crippen LogP contribution in [0, 0.1) is 17.7 Å². The predicted molar refractivity (Wildman–Crippen MR) is 73.9 cm³/mol. The number of hydrogen-bond acceptors (Lipinski definition) is 0. The molecule has 1 saturated carbocycles. The Morgan fingerprint density at radius 1 is 1.29 bits per heavy atom. The number of halogens is 2. The molecule has 0 bridgehead atoms. The molecule has 0 aromatic heterocycles. The summed E-state index contributed by atoms with van der Waals surface area (Å²) in [5.74, 6) is 1.52. The highest BCUT2D eigenvalue weighted by atomic mass is 79.9. The van der Waals surface area contributed by atoms with E-state index in [2.05, 4.69) is 22.9 Å². The molecule has 2 heteroatoms. The Kier molecular flexibility index (Phi) is 4.61. The van der Waals surface area contributed by atoms with Gasteiger partial charge in [0.2, 0.25) is 0 Å². The topological polar surface area (TPSA) is 0 Å². The molecule has 0 spiro atoms. The normalized spacial score (nSPS) is 26.8. The molecule has 0 radical (unpaired) electrons. The van der Waals surface area contributed by atoms with Crippen molar-refractivity contribution in [1.29, 1.82) is 0 Å². The Bertz CT molecular complexity index is 356. The monoisotopic (exact) mass is 298 g/mol. The second kappa shape index (κ2) is 5.99. The van der Waals surface area contributed by atoms with Gasteiger partial charge in [-0.25, -0.2) is 4.39 Å². The zero-order valence-electron chi connectivity index (χ0n) is 10.3. The average Bonchev–Trinajstić information content (AvgIpc) is 2.29. The van der Waals surface area contributed by atoms with E-state index in [-0.39, 0.29) is 5.82 Å². The Morgan fingerprint density at radius 3 is 2.65 bits per heavy atom. The van der Waals surface area contributed by atoms with Gasteiger partial charge in [0.05, 0.1) is 0 Å². The van der Waals surface area contributed by atoms with Gasteiger partial charge in [-0.2, -0.15) is 0 Å². The molecule has 0 aliphatic heterocycles. The molecule has 94 valence electrons. The van der Waals surface area contributed by atoms with E-state index in [1.165, 1.54) is 31.7 Å². The number of alkyl halides is 1. The highest BCUT2D eigenvalue weighted by Gasteiger charge is 2.24. The first kappa shape index (κ1) is 13.1. The van der Waals surface area contributed by atoms with Crippen LogP contribution >= 0.6 is 15.9 Å². The molecule has 0 saturated heterocycles. The van der Waals surface area contributed by atoms with Crippen molar-refractivity contribution in [3.63, 3.8) is 0 Å². The average molecular weight is 299 g/mol. The summed E-state index contributed by atoms with van der Waals surface area (Å²) in [6, 6.07) is 6.98. The Morgan fingerprint density at radius 2 is 2.00 bits per heavy atom. The molecule has 1 unspecified atom stereocenters. The standard InChI is InChI=1S/C15H20BrF/c1-11-5-7-13(8-6-11)15(16)10-12-3-2-4-14(17)9-12/h2-4,9,11,13,15H,5-8,10H2,1H3. The van der Waals surface area contributed by atoms with Gasteiger partial charge in [0.25, 0.3) is 0 Å². The first-order valence-electron chi connectivity index (χ1n) is 6.53. The smallest absolute Gasteiger partial charge is 0.123 e. The fourth-order valence-electron chi connectivity index (χ4n) is 2.70. The van der Waals surface area contributed by atoms with Crippen molar-refractivity contribution in [3.05, 3.63) is 35.6 Å². The van der Waals surface area contributed by atoms with Crippen molar-refractivity contribution in [1.82, 2.24) is 0 Å². The van der Waals surface area contributed by atoms with E-state index >= 15 is 0 Å². The molecule has 1 aliphatic rings. The quantitative estimate of drug-likeness (QED) is 0.692. The molecule has 17 heavy (non-hydrogen) atoms. The van der Waals surface area contributed by atoms with Gasteiger partial charge < -0.3 is 0 Å². The third-order valence-electron chi connectivity index (χ3n) is 3.89. The van der Waals surface area contributed by atoms with Crippen LogP contribution in [0.1, 0.15) is 38.2 Å². The molecule has 1 aliphatic carbocycles. The maximum atomic E-state index is 13.1. The van der Waals surface area contributed by atoms with Crippen molar-refractivity contribution >= 4 is 15.9 Å². The predicted octanol–water partition coefficient (Wildman–Crippen LogP) is 4.96. The third kappa shape index (κ3) is 3.80. The van der Waals surface area contributed by atoms with Gasteiger partial charge in [0.1, 0.15) is 5.82 Å². The van der Waals surface area contributed by atoms with E-state index in [0.717, 1.165) is 23.8 Å². The van der Waals surface area contributed by atoms with Crippen LogP contribution < -0.4 is 0 Å². The van der Waals surface area contributed by atoms with Crippen LogP contribution in [-0.2, 0) is 6.42 Å². The van der Waals surface area contributed by atoms with E-state index in [9.17, 15) is 4.39 Å². The zero-order chi connectivity index (χ0) is 12.3. The van der Waals surface area contributed by atoms with E-state index < -0.39 is 0 Å². The number of rotatable bonds is 3. The van der Waals surface area contributed by atoms with Crippen LogP contribution in [0.25, 0.3) is 0 Å². The van der Waals surface area contributed by atoms with Gasteiger partial charge in [-0.1, -0.05) is 47.8 Å². The molecule has 0 heterocycles. The Hall–Kier alpha value is -0.370. The first-order valence-corrected chi connectivity index (χ1v) is 7.45. The molecule has 0 N–H and O–H groups in total. The van der Waals surface area contributed by atoms with Crippen LogP contribution in [0.4, 0.5) is 4.39 Å². The zero-order valence-corrected chi connectivity index (χ0v) is 11.9. The number of benzene rings is 1. The Balaban J connectivity index is 1.90. The molecule has 2 rings (SSSR count). The summed E-state index contributed by atoms with van der Waals surface area (Å²) < 4.78 is 13.1. The molecule has 0 nitrogen and oxygen atoms in total. The van der Waals surface area contributed by atoms with E-state index in [1.54, 1.807) is 12.1 Å². The lowest BCUT2D eigenvalue weighted by molar-refractivity contribution is 0.285. The summed E-state index contributed by atoms with van der Waals surface area (Å²) in [6.07, 6.45) is 6.25. The Labute approximate surface area is 112 Å². The lowest BCUT2D eigenvalue weighted by atomic mass is 9.80. The fourth-order valence-corrected chi connectivity index (χ4v) is 3.61. The first-order chi connectivity index (χ1) is 8.15. The van der Waals surface area contributed by atoms with E-state index in [1.807, 2.05) is 6.07 Å². The molecular formula is C15H20BrF. The summed E-state index contributed by atoms with van der Waals surface area (Å²) in [5.41, 5.74) is 1.10. The van der Waals surface area contributed by atoms with E-state index in [0.29, 0.717) is 4.83 Å². The van der Waals surface area contributed by atoms with Crippen molar-refractivity contribution in [3.8, 4) is 0 Å². The minimum Gasteiger partial charge on any atom is -0.207 e. The maximum Gasteiger partial charge on any atom is 0.123 e. The van der Waals surface area contributed by atoms with Gasteiger partial charge in [0, 0.05) is 4.83 Å². The van der Waals surface area contributed by atoms with Crippen molar-refractivity contribution in [2.24, 2.45) is 11.8 Å². The lowest BCUT2D eigenvalue weighted by Crippen LogP contribution is -2.22. The SMILES string of the molecule is CC1CCC(C(Br)Cc2cccc(F)c2)CC1. The van der Waals surface area contributed by atoms with Gasteiger partial charge in [-0.15, -0.1) is 0 Å².